The molecule has 0 radical (unpaired) electrons. The van der Waals surface area contributed by atoms with Crippen molar-refractivity contribution in [1.29, 1.82) is 0 Å². The van der Waals surface area contributed by atoms with Crippen LogP contribution in [0.1, 0.15) is 0 Å². The van der Waals surface area contributed by atoms with E-state index in [1.165, 1.54) is 77.0 Å². The summed E-state index contributed by atoms with van der Waals surface area (Å²) in [7, 11) is 4.34. The lowest BCUT2D eigenvalue weighted by Crippen LogP contribution is -2.00. The van der Waals surface area contributed by atoms with Gasteiger partial charge in [-0.15, -0.1) is 0 Å². The Morgan fingerprint density at radius 3 is 0.929 bits per heavy atom. The molecule has 0 spiro atoms. The van der Waals surface area contributed by atoms with Crippen LogP contribution in [0.5, 0.6) is 0 Å². The van der Waals surface area contributed by atoms with Gasteiger partial charge in [0.25, 0.3) is 0 Å². The minimum atomic E-state index is 1.22. The van der Waals surface area contributed by atoms with E-state index in [4.69, 9.17) is 0 Å². The van der Waals surface area contributed by atoms with Gasteiger partial charge < -0.3 is 0 Å². The van der Waals surface area contributed by atoms with Crippen LogP contribution in [0.3, 0.4) is 0 Å². The molecule has 2 nitrogen and oxygen atoms in total. The minimum absolute atomic E-state index is 1.22. The molecule has 0 saturated heterocycles. The fourth-order valence-corrected chi connectivity index (χ4v) is 6.91. The topological polar surface area (TPSA) is 9.86 Å². The predicted molar refractivity (Wildman–Crippen MR) is 180 cm³/mol. The Labute approximate surface area is 245 Å². The first kappa shape index (κ1) is 24.5. The maximum absolute atomic E-state index is 2.31. The number of hydrogen-bond donors (Lipinski definition) is 0. The molecule has 2 heterocycles. The minimum Gasteiger partial charge on any atom is -0.298 e. The highest BCUT2D eigenvalue weighted by atomic mass is 14.9. The van der Waals surface area contributed by atoms with Gasteiger partial charge in [-0.1, -0.05) is 0 Å². The van der Waals surface area contributed by atoms with Gasteiger partial charge in [0.05, 0.1) is 77.0 Å². The van der Waals surface area contributed by atoms with Crippen LogP contribution in [0.15, 0.2) is 146 Å². The lowest BCUT2D eigenvalue weighted by molar-refractivity contribution is 1.00. The molecule has 0 atom stereocenters. The molecule has 0 N–H and O–H groups in total. The number of nitrogens with zero attached hydrogens (tertiary/aromatic N) is 2. The fraction of sp³-hybridized carbons (Fsp3) is 0.0500. The lowest BCUT2D eigenvalue weighted by Gasteiger charge is -2.16. The Morgan fingerprint density at radius 1 is 0.333 bits per heavy atom. The average molecular weight is 539 g/mol. The normalized spacial score (nSPS) is 11.6. The smallest absolute Gasteiger partial charge is 0.0991 e. The van der Waals surface area contributed by atoms with Gasteiger partial charge in [-0.2, -0.15) is 0 Å². The molecule has 0 aliphatic rings. The van der Waals surface area contributed by atoms with Gasteiger partial charge >= 0.3 is 0 Å². The highest BCUT2D eigenvalue weighted by Crippen LogP contribution is 2.45. The standard InChI is InChI=1S/C40H30N2/c1-41-35-23-11-7-19-31(35)39(32-20-8-12-24-36(32)41)29-17-5-3-15-27(29)28-16-4-6-18-30(28)40-33-21-9-13-25-37(33)42(2)38-26-14-10-22-34(38)40/h3-26H,1-2H3/q+2. The van der Waals surface area contributed by atoms with Crippen molar-refractivity contribution in [3.63, 3.8) is 0 Å². The largest absolute Gasteiger partial charge is 0.298 e. The Balaban J connectivity index is 1.50. The van der Waals surface area contributed by atoms with Gasteiger partial charge in [0.2, 0.25) is 0 Å². The van der Waals surface area contributed by atoms with Gasteiger partial charge in [0.15, 0.2) is 0 Å². The first-order valence-electron chi connectivity index (χ1n) is 14.5. The summed E-state index contributed by atoms with van der Waals surface area (Å²) in [5, 5.41) is 5.02. The molecule has 0 fully saturated rings. The predicted octanol–water partition coefficient (Wildman–Crippen LogP) is 10.5. The number of aromatic nitrogens is 2. The molecular weight excluding hydrogens is 508 g/mol. The zero-order chi connectivity index (χ0) is 28.2. The molecule has 0 amide bonds. The molecule has 8 rings (SSSR count). The van der Waals surface area contributed by atoms with Crippen molar-refractivity contribution >= 4 is 43.6 Å². The zero-order valence-electron chi connectivity index (χ0n) is 23.8. The second kappa shape index (κ2) is 9.64. The Morgan fingerprint density at radius 2 is 0.595 bits per heavy atom. The first-order chi connectivity index (χ1) is 20.7. The summed E-state index contributed by atoms with van der Waals surface area (Å²) in [6, 6.07) is 52.9. The monoisotopic (exact) mass is 538 g/mol. The Kier molecular flexibility index (Phi) is 5.61. The van der Waals surface area contributed by atoms with E-state index in [2.05, 4.69) is 169 Å². The molecular formula is C40H30N2+2. The maximum Gasteiger partial charge on any atom is 0.0991 e. The molecule has 0 aliphatic heterocycles. The van der Waals surface area contributed by atoms with E-state index in [-0.39, 0.29) is 0 Å². The third kappa shape index (κ3) is 3.59. The molecule has 198 valence electrons. The van der Waals surface area contributed by atoms with Gasteiger partial charge in [-0.3, -0.25) is 9.13 Å². The number of benzene rings is 6. The number of pyridine rings is 2. The second-order valence-electron chi connectivity index (χ2n) is 11.0. The summed E-state index contributed by atoms with van der Waals surface area (Å²) in [4.78, 5) is 0. The second-order valence-corrected chi connectivity index (χ2v) is 11.0. The van der Waals surface area contributed by atoms with Crippen LogP contribution in [-0.4, -0.2) is 9.13 Å². The Bertz CT molecular complexity index is 2050. The van der Waals surface area contributed by atoms with Crippen molar-refractivity contribution in [1.82, 2.24) is 9.13 Å². The molecule has 6 aromatic carbocycles. The third-order valence-electron chi connectivity index (χ3n) is 8.82. The summed E-state index contributed by atoms with van der Waals surface area (Å²) in [5.74, 6) is 0. The third-order valence-corrected chi connectivity index (χ3v) is 8.82. The van der Waals surface area contributed by atoms with Gasteiger partial charge in [0, 0.05) is 14.1 Å². The number of aryl methyl sites for hydroxylation is 2. The van der Waals surface area contributed by atoms with E-state index >= 15 is 0 Å². The molecule has 0 unspecified atom stereocenters. The van der Waals surface area contributed by atoms with Crippen molar-refractivity contribution in [2.75, 3.05) is 0 Å². The van der Waals surface area contributed by atoms with Crippen LogP contribution in [0.25, 0.3) is 77.0 Å². The van der Waals surface area contributed by atoms with Crippen LogP contribution in [0.2, 0.25) is 0 Å². The summed E-state index contributed by atoms with van der Waals surface area (Å²) in [6.45, 7) is 0. The van der Waals surface area contributed by atoms with E-state index in [1.54, 1.807) is 0 Å². The summed E-state index contributed by atoms with van der Waals surface area (Å²) in [6.07, 6.45) is 0. The fourth-order valence-electron chi connectivity index (χ4n) is 6.91. The number of fused-ring (bicyclic) bond motifs is 4. The SMILES string of the molecule is Cn1c2ccccc2[c+](-c2ccccc2-c2ccccc2-[c+]2c3ccccc3n(C)c3ccccc32)c2ccccc21. The lowest BCUT2D eigenvalue weighted by atomic mass is 9.85. The Hall–Kier alpha value is -5.34. The van der Waals surface area contributed by atoms with Crippen LogP contribution in [-0.2, 0) is 14.1 Å². The highest BCUT2D eigenvalue weighted by Gasteiger charge is 2.26. The zero-order valence-corrected chi connectivity index (χ0v) is 23.8. The number of hydrogen-bond acceptors (Lipinski definition) is 0. The summed E-state index contributed by atoms with van der Waals surface area (Å²) in [5.41, 5.74) is 12.4. The van der Waals surface area contributed by atoms with Crippen LogP contribution >= 0.6 is 0 Å². The van der Waals surface area contributed by atoms with E-state index in [1.807, 2.05) is 0 Å². The van der Waals surface area contributed by atoms with E-state index < -0.39 is 0 Å². The van der Waals surface area contributed by atoms with Crippen LogP contribution in [0.4, 0.5) is 0 Å². The molecule has 8 aromatic rings. The number of para-hydroxylation sites is 4. The molecule has 2 aromatic heterocycles. The van der Waals surface area contributed by atoms with E-state index in [0.29, 0.717) is 0 Å². The highest BCUT2D eigenvalue weighted by molar-refractivity contribution is 6.15. The van der Waals surface area contributed by atoms with Crippen molar-refractivity contribution < 1.29 is 0 Å². The summed E-state index contributed by atoms with van der Waals surface area (Å²) >= 11 is 0. The molecule has 0 aliphatic carbocycles. The van der Waals surface area contributed by atoms with Crippen molar-refractivity contribution in [3.8, 4) is 33.4 Å². The van der Waals surface area contributed by atoms with Crippen LogP contribution in [0, 0.1) is 0 Å². The quantitative estimate of drug-likeness (QED) is 0.156. The molecule has 2 heteroatoms. The number of rotatable bonds is 3. The van der Waals surface area contributed by atoms with E-state index in [9.17, 15) is 0 Å². The average Bonchev–Trinajstić information content (AvgIpc) is 3.06. The van der Waals surface area contributed by atoms with Crippen molar-refractivity contribution in [3.05, 3.63) is 146 Å². The van der Waals surface area contributed by atoms with Crippen molar-refractivity contribution in [2.24, 2.45) is 14.1 Å². The maximum atomic E-state index is 2.31. The first-order valence-corrected chi connectivity index (χ1v) is 14.5. The van der Waals surface area contributed by atoms with Gasteiger partial charge in [-0.25, -0.2) is 0 Å². The van der Waals surface area contributed by atoms with Crippen molar-refractivity contribution in [2.45, 2.75) is 0 Å². The summed E-state index contributed by atoms with van der Waals surface area (Å²) < 4.78 is 4.62. The molecule has 0 saturated carbocycles. The van der Waals surface area contributed by atoms with Gasteiger partial charge in [0.1, 0.15) is 0 Å². The molecule has 42 heavy (non-hydrogen) atoms. The van der Waals surface area contributed by atoms with E-state index in [0.717, 1.165) is 0 Å². The van der Waals surface area contributed by atoms with Crippen LogP contribution < -0.4 is 0 Å². The molecule has 0 bridgehead atoms. The van der Waals surface area contributed by atoms with Gasteiger partial charge in [-0.05, 0) is 146 Å².